The Morgan fingerprint density at radius 1 is 0.970 bits per heavy atom. The Balaban J connectivity index is 2.15. The number of aryl methyl sites for hydroxylation is 1. The van der Waals surface area contributed by atoms with Gasteiger partial charge < -0.3 is 19.7 Å². The third-order valence-electron chi connectivity index (χ3n) is 5.39. The number of carboxylic acid groups (broad SMARTS) is 1. The third-order valence-corrected chi connectivity index (χ3v) is 6.57. The maximum absolute atomic E-state index is 11.3. The molecule has 174 valence electrons. The van der Waals surface area contributed by atoms with Gasteiger partial charge in [0.1, 0.15) is 17.6 Å². The summed E-state index contributed by atoms with van der Waals surface area (Å²) in [5.74, 6) is 0.902. The Hall–Kier alpha value is -2.35. The van der Waals surface area contributed by atoms with Gasteiger partial charge in [-0.25, -0.2) is 0 Å². The van der Waals surface area contributed by atoms with Crippen LogP contribution >= 0.6 is 31.9 Å². The van der Waals surface area contributed by atoms with Crippen LogP contribution in [0.25, 0.3) is 0 Å². The van der Waals surface area contributed by atoms with E-state index in [0.717, 1.165) is 16.7 Å². The topological polar surface area (TPSA) is 76.0 Å². The Labute approximate surface area is 210 Å². The minimum absolute atomic E-state index is 0.102. The number of benzene rings is 3. The zero-order chi connectivity index (χ0) is 24.3. The summed E-state index contributed by atoms with van der Waals surface area (Å²) in [5, 5.41) is 20.5. The van der Waals surface area contributed by atoms with Crippen LogP contribution in [-0.2, 0) is 11.2 Å². The van der Waals surface area contributed by atoms with E-state index < -0.39 is 12.1 Å². The zero-order valence-corrected chi connectivity index (χ0v) is 22.0. The van der Waals surface area contributed by atoms with E-state index in [0.29, 0.717) is 37.3 Å². The van der Waals surface area contributed by atoms with Crippen LogP contribution in [-0.4, -0.2) is 23.3 Å². The SMILES string of the molecule is COc1cc(C(O)c2ccccc2C)c(Oc2c(Br)cc(CC(=O)O)cc2Br)cc1C(C)C. The molecule has 0 radical (unpaired) electrons. The van der Waals surface area contributed by atoms with Gasteiger partial charge in [-0.05, 0) is 85.7 Å². The molecular formula is C26H26Br2O5. The molecule has 0 aliphatic rings. The molecular weight excluding hydrogens is 552 g/mol. The Morgan fingerprint density at radius 3 is 2.12 bits per heavy atom. The summed E-state index contributed by atoms with van der Waals surface area (Å²) in [5.41, 5.74) is 3.88. The van der Waals surface area contributed by atoms with Gasteiger partial charge in [0.05, 0.1) is 22.5 Å². The molecule has 33 heavy (non-hydrogen) atoms. The molecule has 5 nitrogen and oxygen atoms in total. The first-order chi connectivity index (χ1) is 15.6. The van der Waals surface area contributed by atoms with E-state index in [1.165, 1.54) is 0 Å². The summed E-state index contributed by atoms with van der Waals surface area (Å²) >= 11 is 7.01. The van der Waals surface area contributed by atoms with E-state index in [9.17, 15) is 9.90 Å². The number of methoxy groups -OCH3 is 1. The van der Waals surface area contributed by atoms with Crippen LogP contribution in [0.1, 0.15) is 53.7 Å². The van der Waals surface area contributed by atoms with Gasteiger partial charge in [-0.15, -0.1) is 0 Å². The number of carbonyl (C=O) groups is 1. The monoisotopic (exact) mass is 576 g/mol. The summed E-state index contributed by atoms with van der Waals surface area (Å²) in [6.07, 6.45) is -1.03. The van der Waals surface area contributed by atoms with Crippen molar-refractivity contribution in [1.82, 2.24) is 0 Å². The summed E-state index contributed by atoms with van der Waals surface area (Å²) in [4.78, 5) is 11.1. The van der Waals surface area contributed by atoms with Crippen LogP contribution in [0.15, 0.2) is 57.5 Å². The average Bonchev–Trinajstić information content (AvgIpc) is 2.75. The van der Waals surface area contributed by atoms with Crippen molar-refractivity contribution in [1.29, 1.82) is 0 Å². The number of hydrogen-bond donors (Lipinski definition) is 2. The van der Waals surface area contributed by atoms with Crippen molar-refractivity contribution < 1.29 is 24.5 Å². The molecule has 1 unspecified atom stereocenters. The smallest absolute Gasteiger partial charge is 0.307 e. The normalized spacial score (nSPS) is 12.0. The molecule has 0 saturated carbocycles. The molecule has 1 atom stereocenters. The lowest BCUT2D eigenvalue weighted by Crippen LogP contribution is -2.07. The maximum Gasteiger partial charge on any atom is 0.307 e. The fraction of sp³-hybridized carbons (Fsp3) is 0.269. The van der Waals surface area contributed by atoms with Crippen molar-refractivity contribution in [2.75, 3.05) is 7.11 Å². The first kappa shape index (κ1) is 25.3. The van der Waals surface area contributed by atoms with Gasteiger partial charge in [-0.3, -0.25) is 4.79 Å². The molecule has 2 N–H and O–H groups in total. The van der Waals surface area contributed by atoms with Crippen molar-refractivity contribution in [3.8, 4) is 17.2 Å². The van der Waals surface area contributed by atoms with Crippen LogP contribution in [0.2, 0.25) is 0 Å². The fourth-order valence-corrected chi connectivity index (χ4v) is 5.12. The average molecular weight is 578 g/mol. The number of aliphatic carboxylic acids is 1. The molecule has 0 spiro atoms. The van der Waals surface area contributed by atoms with Crippen LogP contribution in [0.5, 0.6) is 17.2 Å². The van der Waals surface area contributed by atoms with Crippen molar-refractivity contribution >= 4 is 37.8 Å². The van der Waals surface area contributed by atoms with Crippen molar-refractivity contribution in [3.63, 3.8) is 0 Å². The number of aliphatic hydroxyl groups excluding tert-OH is 1. The molecule has 0 aromatic heterocycles. The van der Waals surface area contributed by atoms with Gasteiger partial charge in [0.15, 0.2) is 5.75 Å². The first-order valence-corrected chi connectivity index (χ1v) is 12.0. The molecule has 0 fully saturated rings. The third kappa shape index (κ3) is 5.78. The molecule has 0 aliphatic heterocycles. The van der Waals surface area contributed by atoms with E-state index in [-0.39, 0.29) is 12.3 Å². The highest BCUT2D eigenvalue weighted by Gasteiger charge is 2.23. The summed E-state index contributed by atoms with van der Waals surface area (Å²) in [6, 6.07) is 14.8. The second-order valence-electron chi connectivity index (χ2n) is 8.11. The van der Waals surface area contributed by atoms with Gasteiger partial charge in [-0.2, -0.15) is 0 Å². The van der Waals surface area contributed by atoms with Crippen LogP contribution in [0.3, 0.4) is 0 Å². The van der Waals surface area contributed by atoms with E-state index in [1.807, 2.05) is 43.3 Å². The maximum atomic E-state index is 11.3. The second-order valence-corrected chi connectivity index (χ2v) is 9.82. The summed E-state index contributed by atoms with van der Waals surface area (Å²) < 4.78 is 13.2. The summed E-state index contributed by atoms with van der Waals surface area (Å²) in [7, 11) is 1.61. The molecule has 0 bridgehead atoms. The minimum atomic E-state index is -0.930. The molecule has 3 aromatic carbocycles. The number of hydrogen-bond acceptors (Lipinski definition) is 4. The number of carboxylic acids is 1. The molecule has 0 heterocycles. The highest BCUT2D eigenvalue weighted by Crippen LogP contribution is 2.44. The quantitative estimate of drug-likeness (QED) is 0.297. The van der Waals surface area contributed by atoms with Gasteiger partial charge >= 0.3 is 5.97 Å². The Kier molecular flexibility index (Phi) is 8.21. The van der Waals surface area contributed by atoms with Crippen molar-refractivity contribution in [2.45, 2.75) is 39.2 Å². The largest absolute Gasteiger partial charge is 0.496 e. The number of aliphatic hydroxyl groups is 1. The molecule has 0 amide bonds. The fourth-order valence-electron chi connectivity index (χ4n) is 3.68. The van der Waals surface area contributed by atoms with Gasteiger partial charge in [0.2, 0.25) is 0 Å². The number of rotatable bonds is 8. The van der Waals surface area contributed by atoms with Crippen LogP contribution in [0.4, 0.5) is 0 Å². The van der Waals surface area contributed by atoms with E-state index in [2.05, 4.69) is 45.7 Å². The van der Waals surface area contributed by atoms with Crippen molar-refractivity contribution in [2.24, 2.45) is 0 Å². The minimum Gasteiger partial charge on any atom is -0.496 e. The molecule has 0 aliphatic carbocycles. The van der Waals surface area contributed by atoms with Gasteiger partial charge in [-0.1, -0.05) is 38.1 Å². The molecule has 7 heteroatoms. The molecule has 0 saturated heterocycles. The van der Waals surface area contributed by atoms with Gasteiger partial charge in [0, 0.05) is 11.1 Å². The van der Waals surface area contributed by atoms with E-state index >= 15 is 0 Å². The van der Waals surface area contributed by atoms with Crippen LogP contribution < -0.4 is 9.47 Å². The lowest BCUT2D eigenvalue weighted by Gasteiger charge is -2.23. The molecule has 3 aromatic rings. The number of halogens is 2. The lowest BCUT2D eigenvalue weighted by molar-refractivity contribution is -0.136. The van der Waals surface area contributed by atoms with Gasteiger partial charge in [0.25, 0.3) is 0 Å². The standard InChI is InChI=1S/C26H26Br2O5/c1-14(2)18-12-23(33-26-20(27)9-16(10-21(26)28)11-24(29)30)19(13-22(18)32-4)25(31)17-8-6-5-7-15(17)3/h5-10,12-14,25,31H,11H2,1-4H3,(H,29,30). The summed E-state index contributed by atoms with van der Waals surface area (Å²) in [6.45, 7) is 6.07. The first-order valence-electron chi connectivity index (χ1n) is 10.4. The lowest BCUT2D eigenvalue weighted by atomic mass is 9.93. The Bertz CT molecular complexity index is 1150. The molecule has 3 rings (SSSR count). The highest BCUT2D eigenvalue weighted by atomic mass is 79.9. The van der Waals surface area contributed by atoms with E-state index in [1.54, 1.807) is 19.2 Å². The zero-order valence-electron chi connectivity index (χ0n) is 18.9. The highest BCUT2D eigenvalue weighted by molar-refractivity contribution is 9.11. The van der Waals surface area contributed by atoms with Crippen LogP contribution in [0, 0.1) is 6.92 Å². The Morgan fingerprint density at radius 2 is 1.58 bits per heavy atom. The predicted octanol–water partition coefficient (Wildman–Crippen LogP) is 7.15. The van der Waals surface area contributed by atoms with Crippen molar-refractivity contribution in [3.05, 3.63) is 85.3 Å². The second kappa shape index (κ2) is 10.7. The predicted molar refractivity (Wildman–Crippen MR) is 136 cm³/mol. The number of ether oxygens (including phenoxy) is 2. The van der Waals surface area contributed by atoms with E-state index in [4.69, 9.17) is 14.6 Å².